The van der Waals surface area contributed by atoms with Crippen molar-refractivity contribution in [1.29, 1.82) is 0 Å². The van der Waals surface area contributed by atoms with E-state index in [0.717, 1.165) is 5.56 Å². The van der Waals surface area contributed by atoms with E-state index in [-0.39, 0.29) is 29.9 Å². The van der Waals surface area contributed by atoms with Gasteiger partial charge in [0.25, 0.3) is 0 Å². The number of anilines is 1. The number of ether oxygens (including phenoxy) is 1. The topological polar surface area (TPSA) is 175 Å². The Bertz CT molecular complexity index is 1290. The second-order valence-electron chi connectivity index (χ2n) is 9.52. The van der Waals surface area contributed by atoms with E-state index in [1.807, 2.05) is 26.8 Å². The normalized spacial score (nSPS) is 14.4. The van der Waals surface area contributed by atoms with E-state index in [2.05, 4.69) is 40.7 Å². The van der Waals surface area contributed by atoms with Gasteiger partial charge in [-0.25, -0.2) is 9.78 Å². The first-order valence-electron chi connectivity index (χ1n) is 11.0. The van der Waals surface area contributed by atoms with Crippen LogP contribution in [0.25, 0.3) is 11.2 Å². The van der Waals surface area contributed by atoms with Crippen LogP contribution in [0.1, 0.15) is 38.3 Å². The molecule has 0 aliphatic carbocycles. The fraction of sp³-hybridized carbons (Fsp3) is 0.455. The molecular weight excluding hydrogens is 555 g/mol. The monoisotopic (exact) mass is 584 g/mol. The SMILES string of the molecule is COP(=O)(O)Cc1cccc(Cn2c(Br)nc3c(N)nc(OC(CNC(=O)O)CC(C)(C)C)nc32)c1. The molecule has 0 spiro atoms. The summed E-state index contributed by atoms with van der Waals surface area (Å²) < 4.78 is 24.9. The molecule has 0 aliphatic rings. The molecule has 12 nitrogen and oxygen atoms in total. The summed E-state index contributed by atoms with van der Waals surface area (Å²) in [7, 11) is -2.51. The van der Waals surface area contributed by atoms with Gasteiger partial charge in [0.2, 0.25) is 0 Å². The number of carbonyl (C=O) groups is 1. The van der Waals surface area contributed by atoms with Gasteiger partial charge in [0, 0.05) is 7.11 Å². The Morgan fingerprint density at radius 2 is 1.97 bits per heavy atom. The van der Waals surface area contributed by atoms with Crippen LogP contribution in [0.15, 0.2) is 29.0 Å². The predicted octanol–water partition coefficient (Wildman–Crippen LogP) is 4.00. The molecule has 0 radical (unpaired) electrons. The zero-order chi connectivity index (χ0) is 26.7. The molecule has 196 valence electrons. The number of rotatable bonds is 10. The van der Waals surface area contributed by atoms with Crippen LogP contribution in [-0.2, 0) is 21.8 Å². The Hall–Kier alpha value is -2.73. The summed E-state index contributed by atoms with van der Waals surface area (Å²) in [5.74, 6) is 0.116. The van der Waals surface area contributed by atoms with E-state index in [1.165, 1.54) is 7.11 Å². The third kappa shape index (κ3) is 7.63. The van der Waals surface area contributed by atoms with Gasteiger partial charge in [0.15, 0.2) is 21.7 Å². The molecule has 0 bridgehead atoms. The molecule has 3 aromatic rings. The molecule has 14 heteroatoms. The molecule has 3 rings (SSSR count). The van der Waals surface area contributed by atoms with E-state index >= 15 is 0 Å². The summed E-state index contributed by atoms with van der Waals surface area (Å²) in [5, 5.41) is 11.4. The standard InChI is InChI=1S/C22H30BrN6O6P/c1-22(2,3)9-15(10-25-21(30)31)35-20-27-17(24)16-18(28-20)29(19(23)26-16)11-13-6-5-7-14(8-13)12-36(32,33)34-4/h5-8,15,25H,9-12H2,1-4H3,(H,30,31)(H,32,33)(H2,24,27,28). The Labute approximate surface area is 216 Å². The third-order valence-corrected chi connectivity index (χ3v) is 7.09. The predicted molar refractivity (Wildman–Crippen MR) is 138 cm³/mol. The minimum Gasteiger partial charge on any atom is -0.465 e. The Kier molecular flexibility index (Phi) is 8.60. The number of hydrogen-bond donors (Lipinski definition) is 4. The highest BCUT2D eigenvalue weighted by Gasteiger charge is 2.24. The maximum absolute atomic E-state index is 12.0. The summed E-state index contributed by atoms with van der Waals surface area (Å²) in [4.78, 5) is 34.0. The largest absolute Gasteiger partial charge is 0.465 e. The Morgan fingerprint density at radius 3 is 2.61 bits per heavy atom. The second kappa shape index (κ2) is 11.1. The Morgan fingerprint density at radius 1 is 1.28 bits per heavy atom. The number of benzene rings is 1. The first-order chi connectivity index (χ1) is 16.8. The van der Waals surface area contributed by atoms with Crippen molar-refractivity contribution < 1.29 is 28.6 Å². The van der Waals surface area contributed by atoms with Crippen molar-refractivity contribution in [3.05, 3.63) is 40.1 Å². The minimum absolute atomic E-state index is 0.00477. The Balaban J connectivity index is 1.92. The van der Waals surface area contributed by atoms with E-state index in [0.29, 0.717) is 34.4 Å². The zero-order valence-electron chi connectivity index (χ0n) is 20.4. The van der Waals surface area contributed by atoms with Gasteiger partial charge in [0.05, 0.1) is 19.3 Å². The highest BCUT2D eigenvalue weighted by Crippen LogP contribution is 2.44. The third-order valence-electron chi connectivity index (χ3n) is 5.15. The lowest BCUT2D eigenvalue weighted by Crippen LogP contribution is -2.37. The maximum Gasteiger partial charge on any atom is 0.404 e. The quantitative estimate of drug-likeness (QED) is 0.201. The van der Waals surface area contributed by atoms with Crippen molar-refractivity contribution in [3.63, 3.8) is 0 Å². The molecule has 1 aromatic carbocycles. The number of carboxylic acid groups (broad SMARTS) is 1. The molecule has 2 unspecified atom stereocenters. The van der Waals surface area contributed by atoms with E-state index in [9.17, 15) is 14.3 Å². The fourth-order valence-corrected chi connectivity index (χ4v) is 4.92. The molecular formula is C22H30BrN6O6P. The number of aromatic nitrogens is 4. The summed E-state index contributed by atoms with van der Waals surface area (Å²) in [6.07, 6.45) is -1.25. The van der Waals surface area contributed by atoms with Crippen molar-refractivity contribution in [2.24, 2.45) is 5.41 Å². The van der Waals surface area contributed by atoms with Crippen molar-refractivity contribution >= 4 is 46.6 Å². The highest BCUT2D eigenvalue weighted by atomic mass is 79.9. The first kappa shape index (κ1) is 27.9. The zero-order valence-corrected chi connectivity index (χ0v) is 22.9. The van der Waals surface area contributed by atoms with Crippen molar-refractivity contribution in [2.45, 2.75) is 46.0 Å². The molecule has 36 heavy (non-hydrogen) atoms. The van der Waals surface area contributed by atoms with E-state index in [4.69, 9.17) is 15.6 Å². The van der Waals surface area contributed by atoms with Crippen LogP contribution in [0, 0.1) is 5.41 Å². The van der Waals surface area contributed by atoms with Crippen LogP contribution in [0.4, 0.5) is 10.6 Å². The lowest BCUT2D eigenvalue weighted by molar-refractivity contribution is 0.126. The van der Waals surface area contributed by atoms with Crippen LogP contribution >= 0.6 is 23.5 Å². The molecule has 5 N–H and O–H groups in total. The first-order valence-corrected chi connectivity index (χ1v) is 13.6. The number of nitrogens with zero attached hydrogens (tertiary/aromatic N) is 4. The van der Waals surface area contributed by atoms with Crippen LogP contribution in [-0.4, -0.2) is 55.4 Å². The van der Waals surface area contributed by atoms with Gasteiger partial charge < -0.3 is 30.3 Å². The van der Waals surface area contributed by atoms with Gasteiger partial charge in [-0.1, -0.05) is 45.0 Å². The van der Waals surface area contributed by atoms with Crippen LogP contribution < -0.4 is 15.8 Å². The van der Waals surface area contributed by atoms with Crippen molar-refractivity contribution in [1.82, 2.24) is 24.8 Å². The van der Waals surface area contributed by atoms with Gasteiger partial charge in [-0.2, -0.15) is 9.97 Å². The number of amides is 1. The second-order valence-corrected chi connectivity index (χ2v) is 12.2. The fourth-order valence-electron chi connectivity index (χ4n) is 3.66. The van der Waals surface area contributed by atoms with Crippen molar-refractivity contribution in [3.8, 4) is 6.01 Å². The van der Waals surface area contributed by atoms with Gasteiger partial charge in [-0.3, -0.25) is 9.13 Å². The number of nitrogen functional groups attached to an aromatic ring is 1. The average molecular weight is 585 g/mol. The summed E-state index contributed by atoms with van der Waals surface area (Å²) in [6, 6.07) is 7.22. The van der Waals surface area contributed by atoms with E-state index < -0.39 is 19.8 Å². The summed E-state index contributed by atoms with van der Waals surface area (Å²) >= 11 is 3.44. The molecule has 2 aromatic heterocycles. The lowest BCUT2D eigenvalue weighted by atomic mass is 9.89. The molecule has 2 heterocycles. The molecule has 0 aliphatic heterocycles. The van der Waals surface area contributed by atoms with Crippen LogP contribution in [0.5, 0.6) is 6.01 Å². The molecule has 2 atom stereocenters. The number of imidazole rings is 1. The number of halogens is 1. The molecule has 1 amide bonds. The van der Waals surface area contributed by atoms with Gasteiger partial charge >= 0.3 is 19.7 Å². The van der Waals surface area contributed by atoms with Crippen LogP contribution in [0.3, 0.4) is 0 Å². The summed E-state index contributed by atoms with van der Waals surface area (Å²) in [6.45, 7) is 6.44. The smallest absolute Gasteiger partial charge is 0.404 e. The van der Waals surface area contributed by atoms with Crippen molar-refractivity contribution in [2.75, 3.05) is 19.4 Å². The molecule has 0 saturated carbocycles. The van der Waals surface area contributed by atoms with Gasteiger partial charge in [-0.05, 0) is 38.9 Å². The highest BCUT2D eigenvalue weighted by molar-refractivity contribution is 9.10. The number of nitrogens with two attached hydrogens (primary N) is 1. The van der Waals surface area contributed by atoms with Gasteiger partial charge in [0.1, 0.15) is 6.10 Å². The number of fused-ring (bicyclic) bond motifs is 1. The average Bonchev–Trinajstić information content (AvgIpc) is 3.07. The number of nitrogens with one attached hydrogen (secondary N) is 1. The molecule has 0 fully saturated rings. The molecule has 0 saturated heterocycles. The summed E-state index contributed by atoms with van der Waals surface area (Å²) in [5.41, 5.74) is 8.29. The van der Waals surface area contributed by atoms with Crippen LogP contribution in [0.2, 0.25) is 0 Å². The maximum atomic E-state index is 12.0. The minimum atomic E-state index is -3.71. The number of hydrogen-bond acceptors (Lipinski definition) is 8. The van der Waals surface area contributed by atoms with E-state index in [1.54, 1.807) is 22.8 Å². The van der Waals surface area contributed by atoms with Gasteiger partial charge in [-0.15, -0.1) is 0 Å². The lowest BCUT2D eigenvalue weighted by Gasteiger charge is -2.25.